The Morgan fingerprint density at radius 1 is 1.22 bits per heavy atom. The number of likely N-dealkylation sites (tertiary alicyclic amines) is 1. The second-order valence-corrected chi connectivity index (χ2v) is 8.58. The van der Waals surface area contributed by atoms with Gasteiger partial charge in [-0.2, -0.15) is 4.31 Å². The van der Waals surface area contributed by atoms with E-state index in [0.29, 0.717) is 31.7 Å². The number of nitrogens with one attached hydrogen (secondary N) is 1. The summed E-state index contributed by atoms with van der Waals surface area (Å²) in [7, 11) is -2.26. The lowest BCUT2D eigenvalue weighted by Crippen LogP contribution is -2.33. The number of anilines is 1. The molecule has 2 aliphatic heterocycles. The lowest BCUT2D eigenvalue weighted by atomic mass is 10.1. The van der Waals surface area contributed by atoms with Crippen molar-refractivity contribution in [3.05, 3.63) is 18.2 Å². The number of amides is 2. The smallest absolute Gasteiger partial charge is 0.321 e. The topological polar surface area (TPSA) is 116 Å². The Morgan fingerprint density at radius 2 is 1.93 bits per heavy atom. The van der Waals surface area contributed by atoms with Crippen molar-refractivity contribution in [3.63, 3.8) is 0 Å². The van der Waals surface area contributed by atoms with Crippen molar-refractivity contribution in [2.24, 2.45) is 5.92 Å². The molecule has 0 radical (unpaired) electrons. The largest absolute Gasteiger partial charge is 0.495 e. The molecule has 9 nitrogen and oxygen atoms in total. The monoisotopic (exact) mass is 397 g/mol. The molecule has 2 N–H and O–H groups in total. The minimum absolute atomic E-state index is 0.0667. The number of methoxy groups -OCH3 is 1. The first-order valence-electron chi connectivity index (χ1n) is 8.80. The predicted molar refractivity (Wildman–Crippen MR) is 97.3 cm³/mol. The Hall–Kier alpha value is -2.33. The minimum Gasteiger partial charge on any atom is -0.495 e. The standard InChI is InChI=1S/C17H23N3O6S/c1-26-14-10-13(18-17(23)19-9-6-12(11-19)16(21)22)4-5-15(14)27(24,25)20-7-2-3-8-20/h4-5,10,12H,2-3,6-9,11H2,1H3,(H,18,23)(H,21,22). The first kappa shape index (κ1) is 19.4. The maximum Gasteiger partial charge on any atom is 0.321 e. The Bertz CT molecular complexity index is 835. The fourth-order valence-corrected chi connectivity index (χ4v) is 5.03. The zero-order valence-electron chi connectivity index (χ0n) is 15.1. The number of aliphatic carboxylic acids is 1. The van der Waals surface area contributed by atoms with Crippen molar-refractivity contribution in [1.29, 1.82) is 0 Å². The van der Waals surface area contributed by atoms with E-state index in [2.05, 4.69) is 5.32 Å². The molecule has 2 amide bonds. The number of sulfonamides is 1. The van der Waals surface area contributed by atoms with Crippen molar-refractivity contribution in [1.82, 2.24) is 9.21 Å². The first-order valence-corrected chi connectivity index (χ1v) is 10.2. The van der Waals surface area contributed by atoms with Crippen molar-refractivity contribution in [2.45, 2.75) is 24.2 Å². The Morgan fingerprint density at radius 3 is 2.52 bits per heavy atom. The number of rotatable bonds is 5. The first-order chi connectivity index (χ1) is 12.8. The highest BCUT2D eigenvalue weighted by Crippen LogP contribution is 2.31. The van der Waals surface area contributed by atoms with E-state index >= 15 is 0 Å². The van der Waals surface area contributed by atoms with Gasteiger partial charge in [-0.3, -0.25) is 4.79 Å². The van der Waals surface area contributed by atoms with Crippen LogP contribution in [0.3, 0.4) is 0 Å². The van der Waals surface area contributed by atoms with Crippen LogP contribution in [-0.4, -0.2) is 68.0 Å². The molecule has 0 aliphatic carbocycles. The van der Waals surface area contributed by atoms with Crippen LogP contribution in [0.2, 0.25) is 0 Å². The molecular formula is C17H23N3O6S. The number of hydrogen-bond donors (Lipinski definition) is 2. The van der Waals surface area contributed by atoms with Crippen LogP contribution < -0.4 is 10.1 Å². The van der Waals surface area contributed by atoms with E-state index in [1.54, 1.807) is 0 Å². The van der Waals surface area contributed by atoms with Crippen molar-refractivity contribution in [2.75, 3.05) is 38.6 Å². The van der Waals surface area contributed by atoms with E-state index < -0.39 is 27.9 Å². The third kappa shape index (κ3) is 4.01. The quantitative estimate of drug-likeness (QED) is 0.776. The second kappa shape index (κ2) is 7.73. The zero-order chi connectivity index (χ0) is 19.6. The summed E-state index contributed by atoms with van der Waals surface area (Å²) in [6, 6.07) is 3.97. The van der Waals surface area contributed by atoms with Gasteiger partial charge in [0.25, 0.3) is 0 Å². The normalized spacial score (nSPS) is 20.6. The summed E-state index contributed by atoms with van der Waals surface area (Å²) in [4.78, 5) is 24.8. The summed E-state index contributed by atoms with van der Waals surface area (Å²) in [5.41, 5.74) is 0.385. The average molecular weight is 397 g/mol. The van der Waals surface area contributed by atoms with Crippen LogP contribution in [-0.2, 0) is 14.8 Å². The molecule has 1 unspecified atom stereocenters. The molecule has 27 heavy (non-hydrogen) atoms. The number of benzene rings is 1. The van der Waals surface area contributed by atoms with Gasteiger partial charge >= 0.3 is 12.0 Å². The highest BCUT2D eigenvalue weighted by atomic mass is 32.2. The Balaban J connectivity index is 1.74. The maximum atomic E-state index is 12.8. The van der Waals surface area contributed by atoms with Crippen LogP contribution in [0.5, 0.6) is 5.75 Å². The molecule has 0 bridgehead atoms. The number of carboxylic acids is 1. The lowest BCUT2D eigenvalue weighted by molar-refractivity contribution is -0.141. The van der Waals surface area contributed by atoms with E-state index in [9.17, 15) is 18.0 Å². The molecule has 1 aromatic rings. The number of ether oxygens (including phenoxy) is 1. The van der Waals surface area contributed by atoms with Crippen molar-refractivity contribution < 1.29 is 27.9 Å². The molecule has 2 aliphatic rings. The summed E-state index contributed by atoms with van der Waals surface area (Å²) in [5, 5.41) is 11.7. The van der Waals surface area contributed by atoms with Crippen molar-refractivity contribution >= 4 is 27.7 Å². The summed E-state index contributed by atoms with van der Waals surface area (Å²) in [6.45, 7) is 1.49. The minimum atomic E-state index is -3.64. The molecule has 0 aromatic heterocycles. The molecular weight excluding hydrogens is 374 g/mol. The Kier molecular flexibility index (Phi) is 5.56. The van der Waals surface area contributed by atoms with Crippen LogP contribution in [0.15, 0.2) is 23.1 Å². The average Bonchev–Trinajstić information content (AvgIpc) is 3.33. The van der Waals surface area contributed by atoms with Gasteiger partial charge in [0.2, 0.25) is 10.0 Å². The number of hydrogen-bond acceptors (Lipinski definition) is 5. The number of carbonyl (C=O) groups is 2. The second-order valence-electron chi connectivity index (χ2n) is 6.68. The van der Waals surface area contributed by atoms with Gasteiger partial charge in [-0.15, -0.1) is 0 Å². The van der Waals surface area contributed by atoms with E-state index in [1.165, 1.54) is 34.5 Å². The van der Waals surface area contributed by atoms with E-state index in [4.69, 9.17) is 9.84 Å². The van der Waals surface area contributed by atoms with Gasteiger partial charge in [-0.1, -0.05) is 0 Å². The zero-order valence-corrected chi connectivity index (χ0v) is 15.9. The molecule has 1 atom stereocenters. The summed E-state index contributed by atoms with van der Waals surface area (Å²) < 4.78 is 32.2. The fraction of sp³-hybridized carbons (Fsp3) is 0.529. The molecule has 3 rings (SSSR count). The number of urea groups is 1. The van der Waals surface area contributed by atoms with Crippen LogP contribution in [0.25, 0.3) is 0 Å². The van der Waals surface area contributed by atoms with Crippen LogP contribution in [0.4, 0.5) is 10.5 Å². The van der Waals surface area contributed by atoms with Gasteiger partial charge in [0.05, 0.1) is 13.0 Å². The van der Waals surface area contributed by atoms with Crippen molar-refractivity contribution in [3.8, 4) is 5.75 Å². The van der Waals surface area contributed by atoms with Gasteiger partial charge < -0.3 is 20.1 Å². The van der Waals surface area contributed by atoms with Gasteiger partial charge in [-0.05, 0) is 31.4 Å². The summed E-state index contributed by atoms with van der Waals surface area (Å²) in [5.74, 6) is -1.31. The summed E-state index contributed by atoms with van der Waals surface area (Å²) >= 11 is 0. The molecule has 148 valence electrons. The molecule has 10 heteroatoms. The number of carboxylic acid groups (broad SMARTS) is 1. The van der Waals surface area contributed by atoms with E-state index in [0.717, 1.165) is 12.8 Å². The van der Waals surface area contributed by atoms with Gasteiger partial charge in [0, 0.05) is 37.9 Å². The Labute approximate surface area is 157 Å². The van der Waals surface area contributed by atoms with Crippen LogP contribution in [0, 0.1) is 5.92 Å². The molecule has 2 fully saturated rings. The van der Waals surface area contributed by atoms with Crippen LogP contribution >= 0.6 is 0 Å². The maximum absolute atomic E-state index is 12.8. The highest BCUT2D eigenvalue weighted by Gasteiger charge is 2.32. The fourth-order valence-electron chi connectivity index (χ4n) is 3.37. The number of nitrogens with zero attached hydrogens (tertiary/aromatic N) is 2. The summed E-state index contributed by atoms with van der Waals surface area (Å²) in [6.07, 6.45) is 2.09. The molecule has 0 spiro atoms. The van der Waals surface area contributed by atoms with Gasteiger partial charge in [0.15, 0.2) is 0 Å². The third-order valence-corrected chi connectivity index (χ3v) is 6.86. The van der Waals surface area contributed by atoms with Gasteiger partial charge in [-0.25, -0.2) is 13.2 Å². The molecule has 2 heterocycles. The highest BCUT2D eigenvalue weighted by molar-refractivity contribution is 7.89. The lowest BCUT2D eigenvalue weighted by Gasteiger charge is -2.19. The van der Waals surface area contributed by atoms with E-state index in [1.807, 2.05) is 0 Å². The van der Waals surface area contributed by atoms with E-state index in [-0.39, 0.29) is 17.2 Å². The van der Waals surface area contributed by atoms with Crippen LogP contribution in [0.1, 0.15) is 19.3 Å². The molecule has 0 saturated carbocycles. The SMILES string of the molecule is COc1cc(NC(=O)N2CCC(C(=O)O)C2)ccc1S(=O)(=O)N1CCCC1. The molecule has 1 aromatic carbocycles. The predicted octanol–water partition coefficient (Wildman–Crippen LogP) is 1.42. The third-order valence-electron chi connectivity index (χ3n) is 4.92. The molecule has 2 saturated heterocycles. The number of carbonyl (C=O) groups excluding carboxylic acids is 1. The van der Waals surface area contributed by atoms with Gasteiger partial charge in [0.1, 0.15) is 10.6 Å².